The molecule has 30 heavy (non-hydrogen) atoms. The minimum Gasteiger partial charge on any atom is -0.290 e. The van der Waals surface area contributed by atoms with Gasteiger partial charge < -0.3 is 0 Å². The molecule has 0 N–H and O–H groups in total. The zero-order valence-electron chi connectivity index (χ0n) is 17.0. The fraction of sp³-hybridized carbons (Fsp3) is 0.261. The van der Waals surface area contributed by atoms with Gasteiger partial charge in [0.1, 0.15) is 12.4 Å². The van der Waals surface area contributed by atoms with Gasteiger partial charge in [-0.2, -0.15) is 0 Å². The van der Waals surface area contributed by atoms with Gasteiger partial charge in [-0.05, 0) is 38.1 Å². The average Bonchev–Trinajstić information content (AvgIpc) is 3.04. The molecular formula is C23H23ClFN5. The zero-order valence-corrected chi connectivity index (χ0v) is 17.8. The molecule has 0 saturated carbocycles. The van der Waals surface area contributed by atoms with Crippen LogP contribution in [0.25, 0.3) is 5.69 Å². The minimum absolute atomic E-state index is 0.295. The van der Waals surface area contributed by atoms with Crippen molar-refractivity contribution in [2.45, 2.75) is 33.0 Å². The highest BCUT2D eigenvalue weighted by Crippen LogP contribution is 2.29. The zero-order chi connectivity index (χ0) is 21.3. The summed E-state index contributed by atoms with van der Waals surface area (Å²) in [5.41, 5.74) is 2.99. The molecule has 7 heteroatoms. The molecular weight excluding hydrogens is 401 g/mol. The second kappa shape index (κ2) is 8.50. The third-order valence-electron chi connectivity index (χ3n) is 5.20. The number of hydrogen-bond acceptors (Lipinski definition) is 4. The molecule has 0 fully saturated rings. The topological polar surface area (TPSA) is 46.3 Å². The second-order valence-electron chi connectivity index (χ2n) is 7.49. The van der Waals surface area contributed by atoms with Crippen molar-refractivity contribution in [1.82, 2.24) is 19.7 Å². The van der Waals surface area contributed by atoms with Crippen molar-refractivity contribution in [1.29, 1.82) is 0 Å². The lowest BCUT2D eigenvalue weighted by Crippen LogP contribution is -2.31. The van der Waals surface area contributed by atoms with E-state index in [4.69, 9.17) is 16.6 Å². The molecule has 1 aliphatic heterocycles. The van der Waals surface area contributed by atoms with Crippen LogP contribution in [0, 0.1) is 5.82 Å². The van der Waals surface area contributed by atoms with Crippen LogP contribution in [0.5, 0.6) is 0 Å². The average molecular weight is 424 g/mol. The lowest BCUT2D eigenvalue weighted by molar-refractivity contribution is 0.230. The van der Waals surface area contributed by atoms with Crippen LogP contribution in [0.2, 0.25) is 5.02 Å². The van der Waals surface area contributed by atoms with Gasteiger partial charge in [-0.15, -0.1) is 16.8 Å². The summed E-state index contributed by atoms with van der Waals surface area (Å²) < 4.78 is 16.3. The SMILES string of the molecule is C=CCN(Cc1nnc2n1-c1cc(F)ccc1C(c1ccccc1Cl)=NC2)C(C)C. The number of benzene rings is 2. The predicted octanol–water partition coefficient (Wildman–Crippen LogP) is 4.81. The Labute approximate surface area is 180 Å². The van der Waals surface area contributed by atoms with Gasteiger partial charge in [0.25, 0.3) is 0 Å². The summed E-state index contributed by atoms with van der Waals surface area (Å²) in [4.78, 5) is 7.01. The molecule has 154 valence electrons. The van der Waals surface area contributed by atoms with Gasteiger partial charge in [-0.3, -0.25) is 14.5 Å². The fourth-order valence-electron chi connectivity index (χ4n) is 3.65. The van der Waals surface area contributed by atoms with E-state index in [1.807, 2.05) is 34.9 Å². The number of fused-ring (bicyclic) bond motifs is 3. The summed E-state index contributed by atoms with van der Waals surface area (Å²) in [7, 11) is 0. The normalized spacial score (nSPS) is 13.1. The molecule has 0 aliphatic carbocycles. The highest BCUT2D eigenvalue weighted by Gasteiger charge is 2.25. The van der Waals surface area contributed by atoms with E-state index in [1.165, 1.54) is 12.1 Å². The molecule has 0 atom stereocenters. The van der Waals surface area contributed by atoms with Gasteiger partial charge in [-0.1, -0.05) is 35.9 Å². The second-order valence-corrected chi connectivity index (χ2v) is 7.89. The van der Waals surface area contributed by atoms with Crippen LogP contribution in [0.3, 0.4) is 0 Å². The van der Waals surface area contributed by atoms with Crippen molar-refractivity contribution in [3.8, 4) is 5.69 Å². The van der Waals surface area contributed by atoms with Crippen LogP contribution in [0.1, 0.15) is 36.6 Å². The summed E-state index contributed by atoms with van der Waals surface area (Å²) >= 11 is 6.46. The van der Waals surface area contributed by atoms with Crippen molar-refractivity contribution in [2.75, 3.05) is 6.54 Å². The van der Waals surface area contributed by atoms with Gasteiger partial charge in [0.05, 0.1) is 17.9 Å². The number of aromatic nitrogens is 3. The molecule has 2 heterocycles. The van der Waals surface area contributed by atoms with Gasteiger partial charge in [0.15, 0.2) is 11.6 Å². The Morgan fingerprint density at radius 1 is 1.20 bits per heavy atom. The Kier molecular flexibility index (Phi) is 5.79. The molecule has 2 aromatic carbocycles. The van der Waals surface area contributed by atoms with Crippen LogP contribution in [0.15, 0.2) is 60.1 Å². The standard InChI is InChI=1S/C23H23ClFN5/c1-4-11-29(15(2)3)14-22-28-27-21-13-26-23(17-7-5-6-8-19(17)24)18-10-9-16(25)12-20(18)30(21)22/h4-10,12,15H,1,11,13-14H2,2-3H3. The Morgan fingerprint density at radius 2 is 2.00 bits per heavy atom. The summed E-state index contributed by atoms with van der Waals surface area (Å²) in [5.74, 6) is 1.08. The van der Waals surface area contributed by atoms with E-state index in [-0.39, 0.29) is 5.82 Å². The van der Waals surface area contributed by atoms with E-state index in [1.54, 1.807) is 6.07 Å². The number of hydrogen-bond donors (Lipinski definition) is 0. The lowest BCUT2D eigenvalue weighted by atomic mass is 10.00. The molecule has 5 nitrogen and oxygen atoms in total. The van der Waals surface area contributed by atoms with E-state index in [2.05, 4.69) is 35.5 Å². The first-order chi connectivity index (χ1) is 14.5. The lowest BCUT2D eigenvalue weighted by Gasteiger charge is -2.25. The van der Waals surface area contributed by atoms with Gasteiger partial charge in [-0.25, -0.2) is 4.39 Å². The maximum absolute atomic E-state index is 14.3. The van der Waals surface area contributed by atoms with Crippen LogP contribution >= 0.6 is 11.6 Å². The minimum atomic E-state index is -0.327. The fourth-order valence-corrected chi connectivity index (χ4v) is 3.88. The maximum atomic E-state index is 14.3. The number of nitrogens with zero attached hydrogens (tertiary/aromatic N) is 5. The molecule has 0 unspecified atom stereocenters. The first-order valence-corrected chi connectivity index (χ1v) is 10.2. The molecule has 0 spiro atoms. The highest BCUT2D eigenvalue weighted by atomic mass is 35.5. The predicted molar refractivity (Wildman–Crippen MR) is 118 cm³/mol. The Balaban J connectivity index is 1.86. The highest BCUT2D eigenvalue weighted by molar-refractivity contribution is 6.35. The Hall–Kier alpha value is -2.83. The van der Waals surface area contributed by atoms with Gasteiger partial charge in [0, 0.05) is 28.7 Å². The number of halogens is 2. The molecule has 3 aromatic rings. The quantitative estimate of drug-likeness (QED) is 0.534. The van der Waals surface area contributed by atoms with Crippen molar-refractivity contribution in [3.05, 3.63) is 88.7 Å². The molecule has 1 aromatic heterocycles. The van der Waals surface area contributed by atoms with Crippen molar-refractivity contribution in [2.24, 2.45) is 4.99 Å². The van der Waals surface area contributed by atoms with Crippen molar-refractivity contribution < 1.29 is 4.39 Å². The van der Waals surface area contributed by atoms with Crippen LogP contribution < -0.4 is 0 Å². The van der Waals surface area contributed by atoms with E-state index in [9.17, 15) is 4.39 Å². The van der Waals surface area contributed by atoms with Crippen LogP contribution in [-0.2, 0) is 13.1 Å². The third kappa shape index (κ3) is 3.80. The number of rotatable bonds is 6. The Morgan fingerprint density at radius 3 is 2.73 bits per heavy atom. The van der Waals surface area contributed by atoms with Gasteiger partial charge >= 0.3 is 0 Å². The summed E-state index contributed by atoms with van der Waals surface area (Å²) in [6, 6.07) is 12.5. The first kappa shape index (κ1) is 20.4. The van der Waals surface area contributed by atoms with Gasteiger partial charge in [0.2, 0.25) is 0 Å². The monoisotopic (exact) mass is 423 g/mol. The van der Waals surface area contributed by atoms with Crippen molar-refractivity contribution >= 4 is 17.3 Å². The van der Waals surface area contributed by atoms with E-state index < -0.39 is 0 Å². The van der Waals surface area contributed by atoms with E-state index in [0.717, 1.165) is 29.2 Å². The molecule has 0 saturated heterocycles. The molecule has 1 aliphatic rings. The smallest absolute Gasteiger partial charge is 0.159 e. The van der Waals surface area contributed by atoms with Crippen molar-refractivity contribution in [3.63, 3.8) is 0 Å². The molecule has 4 rings (SSSR count). The summed E-state index contributed by atoms with van der Waals surface area (Å²) in [5, 5.41) is 9.37. The summed E-state index contributed by atoms with van der Waals surface area (Å²) in [6.07, 6.45) is 1.87. The number of aliphatic imine (C=N–C) groups is 1. The maximum Gasteiger partial charge on any atom is 0.159 e. The molecule has 0 amide bonds. The Bertz CT molecular complexity index is 1120. The molecule has 0 radical (unpaired) electrons. The molecule has 0 bridgehead atoms. The third-order valence-corrected chi connectivity index (χ3v) is 5.53. The van der Waals surface area contributed by atoms with Crippen LogP contribution in [-0.4, -0.2) is 38.0 Å². The van der Waals surface area contributed by atoms with E-state index in [0.29, 0.717) is 35.7 Å². The largest absolute Gasteiger partial charge is 0.290 e. The first-order valence-electron chi connectivity index (χ1n) is 9.87. The summed E-state index contributed by atoms with van der Waals surface area (Å²) in [6.45, 7) is 9.70. The van der Waals surface area contributed by atoms with E-state index >= 15 is 0 Å². The van der Waals surface area contributed by atoms with Crippen LogP contribution in [0.4, 0.5) is 4.39 Å².